The number of carbonyl (C=O) groups excluding carboxylic acids is 2. The molecule has 1 heterocycles. The van der Waals surface area contributed by atoms with E-state index in [2.05, 4.69) is 41.3 Å². The number of allylic oxidation sites excluding steroid dienone is 2. The molecule has 28 heavy (non-hydrogen) atoms. The summed E-state index contributed by atoms with van der Waals surface area (Å²) in [5.41, 5.74) is -2.69. The van der Waals surface area contributed by atoms with Crippen molar-refractivity contribution in [3.63, 3.8) is 0 Å². The van der Waals surface area contributed by atoms with Gasteiger partial charge in [0.25, 0.3) is 0 Å². The molecule has 0 amide bonds. The Hall–Kier alpha value is -2.14. The van der Waals surface area contributed by atoms with Crippen LogP contribution in [0.1, 0.15) is 5.56 Å². The number of hydrogen-bond acceptors (Lipinski definition) is 5. The summed E-state index contributed by atoms with van der Waals surface area (Å²) in [5.74, 6) is -3.14. The fourth-order valence-corrected chi connectivity index (χ4v) is 4.11. The average molecular weight is 529 g/mol. The summed E-state index contributed by atoms with van der Waals surface area (Å²) in [6.45, 7) is 0. The first kappa shape index (κ1) is 22.2. The molecule has 0 aliphatic carbocycles. The summed E-state index contributed by atoms with van der Waals surface area (Å²) < 4.78 is 63.1. The zero-order chi connectivity index (χ0) is 21.2. The zero-order valence-electron chi connectivity index (χ0n) is 14.2. The van der Waals surface area contributed by atoms with Crippen LogP contribution in [-0.4, -0.2) is 26.2 Å². The van der Waals surface area contributed by atoms with Crippen LogP contribution < -0.4 is 4.90 Å². The van der Waals surface area contributed by atoms with Crippen LogP contribution in [0, 0.1) is 5.82 Å². The van der Waals surface area contributed by atoms with Gasteiger partial charge in [-0.15, -0.1) is 0 Å². The first-order chi connectivity index (χ1) is 13.0. The topological polar surface area (TPSA) is 55.8 Å². The fourth-order valence-electron chi connectivity index (χ4n) is 2.40. The minimum absolute atomic E-state index is 0.331. The molecular weight excluding hydrogens is 518 g/mol. The summed E-state index contributed by atoms with van der Waals surface area (Å²) in [6.07, 6.45) is 0.124. The first-order valence-corrected chi connectivity index (χ1v) is 8.92. The van der Waals surface area contributed by atoms with Crippen molar-refractivity contribution < 1.29 is 36.6 Å². The molecule has 0 atom stereocenters. The number of hydrogen-bond donors (Lipinski definition) is 0. The molecule has 0 saturated heterocycles. The third-order valence-corrected chi connectivity index (χ3v) is 4.96. The molecule has 0 aromatic heterocycles. The number of esters is 2. The first-order valence-electron chi connectivity index (χ1n) is 7.34. The van der Waals surface area contributed by atoms with Gasteiger partial charge in [0.2, 0.25) is 0 Å². The van der Waals surface area contributed by atoms with Crippen molar-refractivity contribution in [2.24, 2.45) is 0 Å². The van der Waals surface area contributed by atoms with Crippen LogP contribution >= 0.6 is 31.9 Å². The minimum Gasteiger partial charge on any atom is -0.465 e. The molecule has 11 heteroatoms. The number of alkyl halides is 3. The molecule has 0 fully saturated rings. The van der Waals surface area contributed by atoms with Crippen LogP contribution in [0.15, 0.2) is 50.7 Å². The Morgan fingerprint density at radius 2 is 1.68 bits per heavy atom. The fraction of sp³-hybridized carbons (Fsp3) is 0.176. The Labute approximate surface area is 173 Å². The van der Waals surface area contributed by atoms with Crippen LogP contribution in [0.3, 0.4) is 0 Å². The Morgan fingerprint density at radius 3 is 2.21 bits per heavy atom. The maximum Gasteiger partial charge on any atom is 0.418 e. The molecule has 0 unspecified atom stereocenters. The van der Waals surface area contributed by atoms with E-state index in [9.17, 15) is 27.2 Å². The van der Waals surface area contributed by atoms with Gasteiger partial charge in [-0.25, -0.2) is 14.0 Å². The van der Waals surface area contributed by atoms with Crippen LogP contribution in [0.5, 0.6) is 0 Å². The van der Waals surface area contributed by atoms with Crippen LogP contribution in [0.4, 0.5) is 23.2 Å². The van der Waals surface area contributed by atoms with Crippen LogP contribution in [-0.2, 0) is 25.2 Å². The van der Waals surface area contributed by atoms with Gasteiger partial charge in [-0.1, -0.05) is 22.0 Å². The molecule has 5 nitrogen and oxygen atoms in total. The average Bonchev–Trinajstić information content (AvgIpc) is 2.81. The second kappa shape index (κ2) is 8.48. The Kier molecular flexibility index (Phi) is 6.71. The van der Waals surface area contributed by atoms with Gasteiger partial charge in [-0.05, 0) is 34.1 Å². The highest BCUT2D eigenvalue weighted by molar-refractivity contribution is 9.11. The van der Waals surface area contributed by atoms with E-state index in [4.69, 9.17) is 0 Å². The second-order valence-corrected chi connectivity index (χ2v) is 6.84. The maximum absolute atomic E-state index is 14.7. The molecule has 0 spiro atoms. The molecule has 1 aliphatic heterocycles. The van der Waals surface area contributed by atoms with E-state index in [0.29, 0.717) is 6.07 Å². The lowest BCUT2D eigenvalue weighted by Crippen LogP contribution is -2.28. The Morgan fingerprint density at radius 1 is 1.07 bits per heavy atom. The minimum atomic E-state index is -4.84. The van der Waals surface area contributed by atoms with E-state index in [1.54, 1.807) is 0 Å². The van der Waals surface area contributed by atoms with Gasteiger partial charge in [0.05, 0.1) is 35.5 Å². The second-order valence-electron chi connectivity index (χ2n) is 5.19. The van der Waals surface area contributed by atoms with Crippen LogP contribution in [0.25, 0.3) is 0 Å². The van der Waals surface area contributed by atoms with E-state index in [0.717, 1.165) is 25.3 Å². The van der Waals surface area contributed by atoms with Gasteiger partial charge in [0.15, 0.2) is 0 Å². The van der Waals surface area contributed by atoms with Crippen molar-refractivity contribution in [1.29, 1.82) is 0 Å². The summed E-state index contributed by atoms with van der Waals surface area (Å²) in [7, 11) is 2.06. The summed E-state index contributed by atoms with van der Waals surface area (Å²) in [4.78, 5) is 25.2. The van der Waals surface area contributed by atoms with Gasteiger partial charge < -0.3 is 14.4 Å². The van der Waals surface area contributed by atoms with Crippen molar-refractivity contribution in [1.82, 2.24) is 0 Å². The van der Waals surface area contributed by atoms with E-state index in [1.165, 1.54) is 18.2 Å². The van der Waals surface area contributed by atoms with Crippen molar-refractivity contribution in [2.45, 2.75) is 6.18 Å². The van der Waals surface area contributed by atoms with Crippen molar-refractivity contribution in [2.75, 3.05) is 19.1 Å². The maximum atomic E-state index is 14.7. The number of anilines is 1. The number of nitrogens with zero attached hydrogens (tertiary/aromatic N) is 1. The molecule has 2 rings (SSSR count). The monoisotopic (exact) mass is 527 g/mol. The normalized spacial score (nSPS) is 14.2. The molecule has 1 aromatic carbocycles. The molecule has 0 saturated carbocycles. The number of halogens is 6. The predicted octanol–water partition coefficient (Wildman–Crippen LogP) is 4.86. The highest BCUT2D eigenvalue weighted by Crippen LogP contribution is 2.46. The summed E-state index contributed by atoms with van der Waals surface area (Å²) in [5, 5.41) is 0. The van der Waals surface area contributed by atoms with E-state index in [-0.39, 0.29) is 5.57 Å². The van der Waals surface area contributed by atoms with Gasteiger partial charge in [0.1, 0.15) is 11.5 Å². The molecular formula is C17H11Br2F4NO4. The third-order valence-electron chi connectivity index (χ3n) is 3.56. The molecule has 0 bridgehead atoms. The smallest absolute Gasteiger partial charge is 0.418 e. The van der Waals surface area contributed by atoms with Gasteiger partial charge in [-0.3, -0.25) is 0 Å². The highest BCUT2D eigenvalue weighted by Gasteiger charge is 2.39. The number of rotatable bonds is 3. The van der Waals surface area contributed by atoms with Crippen molar-refractivity contribution in [3.05, 3.63) is 62.1 Å². The van der Waals surface area contributed by atoms with E-state index >= 15 is 0 Å². The summed E-state index contributed by atoms with van der Waals surface area (Å²) >= 11 is 5.47. The quantitative estimate of drug-likeness (QED) is 0.414. The van der Waals surface area contributed by atoms with E-state index in [1.807, 2.05) is 0 Å². The molecule has 1 aromatic rings. The molecule has 150 valence electrons. The number of benzene rings is 1. The zero-order valence-corrected chi connectivity index (χ0v) is 17.4. The standard InChI is InChI=1S/C17H11Br2F4NO4/c1-27-15(25)8-5-3-4-6-24(13(8)16(26)28-2)14-10(20)7-9(18)11(12(14)19)17(21,22)23/h3-7H,1-2H3. The number of carbonyl (C=O) groups is 2. The van der Waals surface area contributed by atoms with Crippen molar-refractivity contribution in [3.8, 4) is 0 Å². The third kappa shape index (κ3) is 4.14. The SMILES string of the molecule is COC(=O)C1=C(C(=O)OC)N(c2c(F)cc(Br)c(C(F)(F)F)c2Br)C=CC=C1. The Balaban J connectivity index is 2.88. The van der Waals surface area contributed by atoms with Crippen molar-refractivity contribution >= 4 is 49.5 Å². The van der Waals surface area contributed by atoms with Crippen LogP contribution in [0.2, 0.25) is 0 Å². The lowest BCUT2D eigenvalue weighted by atomic mass is 10.1. The van der Waals surface area contributed by atoms with Gasteiger partial charge in [0, 0.05) is 10.7 Å². The predicted molar refractivity (Wildman–Crippen MR) is 98.6 cm³/mol. The molecule has 0 radical (unpaired) electrons. The van der Waals surface area contributed by atoms with E-state index < -0.39 is 49.8 Å². The lowest BCUT2D eigenvalue weighted by Gasteiger charge is -2.26. The van der Waals surface area contributed by atoms with Gasteiger partial charge >= 0.3 is 18.1 Å². The molecule has 0 N–H and O–H groups in total. The molecule has 1 aliphatic rings. The summed E-state index contributed by atoms with van der Waals surface area (Å²) in [6, 6.07) is 0.613. The largest absolute Gasteiger partial charge is 0.465 e. The van der Waals surface area contributed by atoms with Gasteiger partial charge in [-0.2, -0.15) is 13.2 Å². The lowest BCUT2D eigenvalue weighted by molar-refractivity contribution is -0.139. The Bertz CT molecular complexity index is 923. The number of ether oxygens (including phenoxy) is 2. The number of methoxy groups -OCH3 is 2. The highest BCUT2D eigenvalue weighted by atomic mass is 79.9.